The van der Waals surface area contributed by atoms with E-state index >= 15 is 0 Å². The zero-order chi connectivity index (χ0) is 14.8. The summed E-state index contributed by atoms with van der Waals surface area (Å²) in [6, 6.07) is 1.21. The molecule has 2 rings (SSSR count). The molecule has 1 saturated heterocycles. The molecule has 0 unspecified atom stereocenters. The van der Waals surface area contributed by atoms with E-state index < -0.39 is 35.8 Å². The standard InChI is InChI=1S/C13H16F4N2O.ClH/c14-9-2-1-3-10(15)11(9)12(13(16,17)8-20)19-6-4-18-5-7-19;/h1-3,12,18,20H,4-8H2;1H/t12-;/m0./s1. The van der Waals surface area contributed by atoms with Crippen LogP contribution >= 0.6 is 12.4 Å². The van der Waals surface area contributed by atoms with E-state index in [2.05, 4.69) is 5.32 Å². The molecule has 0 amide bonds. The van der Waals surface area contributed by atoms with Gasteiger partial charge < -0.3 is 10.4 Å². The van der Waals surface area contributed by atoms with Crippen LogP contribution in [-0.2, 0) is 0 Å². The number of nitrogens with zero attached hydrogens (tertiary/aromatic N) is 1. The van der Waals surface area contributed by atoms with Crippen LogP contribution in [-0.4, -0.2) is 48.7 Å². The first-order valence-electron chi connectivity index (χ1n) is 6.34. The van der Waals surface area contributed by atoms with Crippen LogP contribution in [0.1, 0.15) is 11.6 Å². The van der Waals surface area contributed by atoms with Gasteiger partial charge in [-0.25, -0.2) is 17.6 Å². The molecule has 8 heteroatoms. The molecule has 3 nitrogen and oxygen atoms in total. The van der Waals surface area contributed by atoms with Crippen molar-refractivity contribution in [1.82, 2.24) is 10.2 Å². The lowest BCUT2D eigenvalue weighted by molar-refractivity contribution is -0.120. The highest BCUT2D eigenvalue weighted by molar-refractivity contribution is 5.85. The van der Waals surface area contributed by atoms with Crippen LogP contribution in [0, 0.1) is 11.6 Å². The molecule has 1 aromatic carbocycles. The average Bonchev–Trinajstić information content (AvgIpc) is 2.43. The van der Waals surface area contributed by atoms with Gasteiger partial charge in [0, 0.05) is 31.7 Å². The third-order valence-corrected chi connectivity index (χ3v) is 3.40. The molecule has 1 atom stereocenters. The maximum absolute atomic E-state index is 14.0. The summed E-state index contributed by atoms with van der Waals surface area (Å²) in [7, 11) is 0. The van der Waals surface area contributed by atoms with Gasteiger partial charge >= 0.3 is 0 Å². The Kier molecular flexibility index (Phi) is 6.40. The number of halogens is 5. The van der Waals surface area contributed by atoms with Crippen LogP contribution in [0.5, 0.6) is 0 Å². The highest BCUT2D eigenvalue weighted by atomic mass is 35.5. The Labute approximate surface area is 126 Å². The van der Waals surface area contributed by atoms with Gasteiger partial charge in [-0.15, -0.1) is 12.4 Å². The van der Waals surface area contributed by atoms with Crippen molar-refractivity contribution in [1.29, 1.82) is 0 Å². The van der Waals surface area contributed by atoms with Crippen LogP contribution < -0.4 is 5.32 Å². The van der Waals surface area contributed by atoms with Crippen LogP contribution in [0.3, 0.4) is 0 Å². The first-order chi connectivity index (χ1) is 9.47. The summed E-state index contributed by atoms with van der Waals surface area (Å²) in [5.74, 6) is -5.68. The molecular weight excluding hydrogens is 312 g/mol. The number of aliphatic hydroxyl groups excluding tert-OH is 1. The molecule has 1 aromatic rings. The van der Waals surface area contributed by atoms with Crippen molar-refractivity contribution in [3.05, 3.63) is 35.4 Å². The molecule has 0 saturated carbocycles. The molecule has 0 aromatic heterocycles. The molecule has 2 N–H and O–H groups in total. The van der Waals surface area contributed by atoms with Crippen molar-refractivity contribution in [2.45, 2.75) is 12.0 Å². The summed E-state index contributed by atoms with van der Waals surface area (Å²) < 4.78 is 55.7. The minimum Gasteiger partial charge on any atom is -0.390 e. The molecule has 0 bridgehead atoms. The van der Waals surface area contributed by atoms with Crippen molar-refractivity contribution in [2.75, 3.05) is 32.8 Å². The Bertz CT molecular complexity index is 449. The third-order valence-electron chi connectivity index (χ3n) is 3.40. The lowest BCUT2D eigenvalue weighted by Gasteiger charge is -2.38. The van der Waals surface area contributed by atoms with Gasteiger partial charge in [0.25, 0.3) is 5.92 Å². The number of piperazine rings is 1. The number of nitrogens with one attached hydrogen (secondary N) is 1. The van der Waals surface area contributed by atoms with Crippen LogP contribution in [0.4, 0.5) is 17.6 Å². The van der Waals surface area contributed by atoms with E-state index in [0.29, 0.717) is 13.1 Å². The van der Waals surface area contributed by atoms with Gasteiger partial charge in [-0.2, -0.15) is 0 Å². The number of hydrogen-bond donors (Lipinski definition) is 2. The quantitative estimate of drug-likeness (QED) is 0.830. The maximum atomic E-state index is 14.0. The number of hydrogen-bond acceptors (Lipinski definition) is 3. The topological polar surface area (TPSA) is 35.5 Å². The summed E-state index contributed by atoms with van der Waals surface area (Å²) in [5, 5.41) is 11.9. The fraction of sp³-hybridized carbons (Fsp3) is 0.538. The Morgan fingerprint density at radius 3 is 2.19 bits per heavy atom. The molecule has 1 fully saturated rings. The first kappa shape index (κ1) is 18.2. The zero-order valence-corrected chi connectivity index (χ0v) is 12.0. The van der Waals surface area contributed by atoms with E-state index in [1.165, 1.54) is 4.90 Å². The van der Waals surface area contributed by atoms with Crippen molar-refractivity contribution < 1.29 is 22.7 Å². The Morgan fingerprint density at radius 1 is 1.19 bits per heavy atom. The molecule has 120 valence electrons. The molecule has 21 heavy (non-hydrogen) atoms. The zero-order valence-electron chi connectivity index (χ0n) is 11.2. The van der Waals surface area contributed by atoms with Gasteiger partial charge in [0.05, 0.1) is 0 Å². The van der Waals surface area contributed by atoms with Crippen molar-refractivity contribution in [3.63, 3.8) is 0 Å². The first-order valence-corrected chi connectivity index (χ1v) is 6.34. The fourth-order valence-corrected chi connectivity index (χ4v) is 2.46. The number of rotatable bonds is 4. The predicted molar refractivity (Wildman–Crippen MR) is 72.8 cm³/mol. The van der Waals surface area contributed by atoms with E-state index in [1.807, 2.05) is 0 Å². The van der Waals surface area contributed by atoms with Gasteiger partial charge in [0.1, 0.15) is 24.3 Å². The fourth-order valence-electron chi connectivity index (χ4n) is 2.46. The van der Waals surface area contributed by atoms with Gasteiger partial charge in [-0.05, 0) is 12.1 Å². The van der Waals surface area contributed by atoms with Crippen LogP contribution in [0.15, 0.2) is 18.2 Å². The van der Waals surface area contributed by atoms with Gasteiger partial charge in [-0.1, -0.05) is 6.07 Å². The summed E-state index contributed by atoms with van der Waals surface area (Å²) >= 11 is 0. The smallest absolute Gasteiger partial charge is 0.290 e. The number of benzene rings is 1. The molecule has 1 heterocycles. The lowest BCUT2D eigenvalue weighted by Crippen LogP contribution is -2.51. The largest absolute Gasteiger partial charge is 0.390 e. The van der Waals surface area contributed by atoms with Gasteiger partial charge in [0.2, 0.25) is 0 Å². The van der Waals surface area contributed by atoms with Crippen molar-refractivity contribution >= 4 is 12.4 Å². The van der Waals surface area contributed by atoms with Gasteiger partial charge in [0.15, 0.2) is 0 Å². The van der Waals surface area contributed by atoms with E-state index in [0.717, 1.165) is 18.2 Å². The van der Waals surface area contributed by atoms with E-state index in [9.17, 15) is 17.6 Å². The van der Waals surface area contributed by atoms with Crippen molar-refractivity contribution in [3.8, 4) is 0 Å². The van der Waals surface area contributed by atoms with Crippen LogP contribution in [0.25, 0.3) is 0 Å². The highest BCUT2D eigenvalue weighted by Crippen LogP contribution is 2.38. The molecule has 0 spiro atoms. The predicted octanol–water partition coefficient (Wildman–Crippen LogP) is 1.96. The number of aliphatic hydroxyl groups is 1. The van der Waals surface area contributed by atoms with Crippen LogP contribution in [0.2, 0.25) is 0 Å². The molecule has 0 aliphatic carbocycles. The van der Waals surface area contributed by atoms with E-state index in [4.69, 9.17) is 5.11 Å². The second-order valence-electron chi connectivity index (χ2n) is 4.74. The number of alkyl halides is 2. The maximum Gasteiger partial charge on any atom is 0.290 e. The van der Waals surface area contributed by atoms with Crippen molar-refractivity contribution in [2.24, 2.45) is 0 Å². The summed E-state index contributed by atoms with van der Waals surface area (Å²) in [6.45, 7) is -0.0976. The monoisotopic (exact) mass is 328 g/mol. The molecule has 0 radical (unpaired) electrons. The minimum absolute atomic E-state index is 0. The summed E-state index contributed by atoms with van der Waals surface area (Å²) in [6.07, 6.45) is 0. The minimum atomic E-state index is -3.62. The summed E-state index contributed by atoms with van der Waals surface area (Å²) in [4.78, 5) is 1.30. The second-order valence-corrected chi connectivity index (χ2v) is 4.74. The SMILES string of the molecule is Cl.OCC(F)(F)[C@H](c1c(F)cccc1F)N1CCNCC1. The average molecular weight is 329 g/mol. The Hall–Kier alpha value is -0.890. The van der Waals surface area contributed by atoms with Gasteiger partial charge in [-0.3, -0.25) is 4.90 Å². The second kappa shape index (κ2) is 7.40. The Morgan fingerprint density at radius 2 is 1.71 bits per heavy atom. The third kappa shape index (κ3) is 3.85. The highest BCUT2D eigenvalue weighted by Gasteiger charge is 2.46. The molecule has 1 aliphatic heterocycles. The van der Waals surface area contributed by atoms with E-state index in [1.54, 1.807) is 0 Å². The molecule has 1 aliphatic rings. The summed E-state index contributed by atoms with van der Waals surface area (Å²) in [5.41, 5.74) is -0.687. The Balaban J connectivity index is 0.00000220. The van der Waals surface area contributed by atoms with E-state index in [-0.39, 0.29) is 25.5 Å². The molecular formula is C13H17ClF4N2O. The normalized spacial score (nSPS) is 18.1. The lowest BCUT2D eigenvalue weighted by atomic mass is 9.97.